The maximum Gasteiger partial charge on any atom is 0.243 e. The van der Waals surface area contributed by atoms with Gasteiger partial charge in [-0.05, 0) is 49.1 Å². The van der Waals surface area contributed by atoms with Gasteiger partial charge < -0.3 is 15.0 Å². The van der Waals surface area contributed by atoms with Gasteiger partial charge >= 0.3 is 0 Å². The molecule has 3 rings (SSSR count). The lowest BCUT2D eigenvalue weighted by Crippen LogP contribution is -2.51. The topological polar surface area (TPSA) is 58.6 Å². The minimum Gasteiger partial charge on any atom is -0.497 e. The highest BCUT2D eigenvalue weighted by Crippen LogP contribution is 2.23. The van der Waals surface area contributed by atoms with Crippen molar-refractivity contribution in [1.82, 2.24) is 10.2 Å². The summed E-state index contributed by atoms with van der Waals surface area (Å²) in [6.45, 7) is 2.11. The van der Waals surface area contributed by atoms with E-state index in [1.807, 2.05) is 31.2 Å². The first-order chi connectivity index (χ1) is 15.4. The van der Waals surface area contributed by atoms with Gasteiger partial charge in [0.25, 0.3) is 0 Å². The van der Waals surface area contributed by atoms with Gasteiger partial charge in [-0.3, -0.25) is 9.59 Å². The number of amides is 2. The van der Waals surface area contributed by atoms with E-state index in [4.69, 9.17) is 16.3 Å². The third-order valence-corrected chi connectivity index (χ3v) is 6.34. The molecule has 1 aliphatic carbocycles. The van der Waals surface area contributed by atoms with E-state index in [0.717, 1.165) is 31.2 Å². The van der Waals surface area contributed by atoms with Crippen molar-refractivity contribution in [3.05, 3.63) is 64.4 Å². The van der Waals surface area contributed by atoms with Crippen LogP contribution in [0.15, 0.2) is 42.5 Å². The van der Waals surface area contributed by atoms with E-state index in [1.54, 1.807) is 13.2 Å². The number of benzene rings is 2. The van der Waals surface area contributed by atoms with E-state index in [0.29, 0.717) is 12.2 Å². The molecule has 1 fully saturated rings. The Bertz CT molecular complexity index is 909. The SMILES string of the molecule is CC[C@@H](C(=O)NC1CCCC1)N(Cc1ccc(OC)cc1)C(=O)Cc1c(F)cccc1Cl. The zero-order chi connectivity index (χ0) is 23.1. The average molecular weight is 461 g/mol. The van der Waals surface area contributed by atoms with Crippen LogP contribution < -0.4 is 10.1 Å². The minimum atomic E-state index is -0.657. The average Bonchev–Trinajstić information content (AvgIpc) is 3.29. The van der Waals surface area contributed by atoms with Crippen molar-refractivity contribution in [3.63, 3.8) is 0 Å². The number of ether oxygens (including phenoxy) is 1. The second-order valence-corrected chi connectivity index (χ2v) is 8.57. The van der Waals surface area contributed by atoms with E-state index >= 15 is 0 Å². The molecular formula is C25H30ClFN2O3. The van der Waals surface area contributed by atoms with Gasteiger partial charge in [-0.2, -0.15) is 0 Å². The second-order valence-electron chi connectivity index (χ2n) is 8.16. The van der Waals surface area contributed by atoms with Crippen molar-refractivity contribution in [3.8, 4) is 5.75 Å². The minimum absolute atomic E-state index is 0.143. The van der Waals surface area contributed by atoms with Crippen LogP contribution in [0.4, 0.5) is 4.39 Å². The summed E-state index contributed by atoms with van der Waals surface area (Å²) in [4.78, 5) is 28.0. The summed E-state index contributed by atoms with van der Waals surface area (Å²) in [5.41, 5.74) is 0.996. The van der Waals surface area contributed by atoms with Crippen molar-refractivity contribution in [2.24, 2.45) is 0 Å². The molecule has 0 spiro atoms. The Morgan fingerprint density at radius 3 is 2.47 bits per heavy atom. The Hall–Kier alpha value is -2.60. The molecule has 5 nitrogen and oxygen atoms in total. The first kappa shape index (κ1) is 24.1. The summed E-state index contributed by atoms with van der Waals surface area (Å²) < 4.78 is 19.6. The Labute approximate surface area is 193 Å². The number of nitrogens with one attached hydrogen (secondary N) is 1. The molecule has 1 atom stereocenters. The van der Waals surface area contributed by atoms with Gasteiger partial charge in [0.15, 0.2) is 0 Å². The Morgan fingerprint density at radius 2 is 1.88 bits per heavy atom. The fourth-order valence-electron chi connectivity index (χ4n) is 4.17. The Morgan fingerprint density at radius 1 is 1.19 bits per heavy atom. The number of hydrogen-bond donors (Lipinski definition) is 1. The number of rotatable bonds is 9. The Kier molecular flexibility index (Phi) is 8.51. The standard InChI is InChI=1S/C25H30ClFN2O3/c1-3-23(25(31)28-18-7-4-5-8-18)29(16-17-11-13-19(32-2)14-12-17)24(30)15-20-21(26)9-6-10-22(20)27/h6,9-14,18,23H,3-5,7-8,15-16H2,1-2H3,(H,28,31)/t23-/m0/s1. The fraction of sp³-hybridized carbons (Fsp3) is 0.440. The van der Waals surface area contributed by atoms with Crippen LogP contribution in [0, 0.1) is 5.82 Å². The lowest BCUT2D eigenvalue weighted by molar-refractivity contribution is -0.141. The highest BCUT2D eigenvalue weighted by molar-refractivity contribution is 6.31. The number of carbonyl (C=O) groups excluding carboxylic acids is 2. The van der Waals surface area contributed by atoms with Crippen LogP contribution in [0.1, 0.15) is 50.2 Å². The predicted octanol–water partition coefficient (Wildman–Crippen LogP) is 4.90. The van der Waals surface area contributed by atoms with Crippen molar-refractivity contribution in [2.75, 3.05) is 7.11 Å². The molecule has 0 aromatic heterocycles. The summed E-state index contributed by atoms with van der Waals surface area (Å²) in [5.74, 6) is -0.336. The molecule has 1 saturated carbocycles. The number of methoxy groups -OCH3 is 1. The molecule has 0 bridgehead atoms. The van der Waals surface area contributed by atoms with Crippen molar-refractivity contribution in [1.29, 1.82) is 0 Å². The van der Waals surface area contributed by atoms with Gasteiger partial charge in [-0.25, -0.2) is 4.39 Å². The lowest BCUT2D eigenvalue weighted by atomic mass is 10.1. The van der Waals surface area contributed by atoms with Crippen LogP contribution in [0.25, 0.3) is 0 Å². The third-order valence-electron chi connectivity index (χ3n) is 5.99. The van der Waals surface area contributed by atoms with Gasteiger partial charge in [-0.1, -0.05) is 49.6 Å². The van der Waals surface area contributed by atoms with Crippen LogP contribution in [-0.4, -0.2) is 35.9 Å². The fourth-order valence-corrected chi connectivity index (χ4v) is 4.40. The van der Waals surface area contributed by atoms with Crippen molar-refractivity contribution >= 4 is 23.4 Å². The lowest BCUT2D eigenvalue weighted by Gasteiger charge is -2.31. The monoisotopic (exact) mass is 460 g/mol. The molecule has 172 valence electrons. The Balaban J connectivity index is 1.85. The molecule has 1 aliphatic rings. The summed E-state index contributed by atoms with van der Waals surface area (Å²) in [5, 5.41) is 3.30. The number of nitrogens with zero attached hydrogens (tertiary/aromatic N) is 1. The smallest absolute Gasteiger partial charge is 0.243 e. The van der Waals surface area contributed by atoms with Crippen LogP contribution in [0.3, 0.4) is 0 Å². The van der Waals surface area contributed by atoms with Gasteiger partial charge in [0.05, 0.1) is 13.5 Å². The molecule has 1 N–H and O–H groups in total. The summed E-state index contributed by atoms with van der Waals surface area (Å²) in [7, 11) is 1.59. The molecule has 0 radical (unpaired) electrons. The maximum absolute atomic E-state index is 14.3. The number of halogens is 2. The molecule has 2 aromatic rings. The first-order valence-electron chi connectivity index (χ1n) is 11.1. The molecule has 0 heterocycles. The molecule has 7 heteroatoms. The third kappa shape index (κ3) is 6.00. The van der Waals surface area contributed by atoms with Crippen LogP contribution in [-0.2, 0) is 22.6 Å². The van der Waals surface area contributed by atoms with Crippen LogP contribution in [0.5, 0.6) is 5.75 Å². The van der Waals surface area contributed by atoms with E-state index in [2.05, 4.69) is 5.32 Å². The van der Waals surface area contributed by atoms with E-state index in [1.165, 1.54) is 17.0 Å². The second kappa shape index (κ2) is 11.3. The zero-order valence-electron chi connectivity index (χ0n) is 18.6. The molecule has 0 aliphatic heterocycles. The van der Waals surface area contributed by atoms with Gasteiger partial charge in [0.1, 0.15) is 17.6 Å². The zero-order valence-corrected chi connectivity index (χ0v) is 19.3. The highest BCUT2D eigenvalue weighted by atomic mass is 35.5. The molecular weight excluding hydrogens is 431 g/mol. The highest BCUT2D eigenvalue weighted by Gasteiger charge is 2.31. The molecule has 2 amide bonds. The largest absolute Gasteiger partial charge is 0.497 e. The van der Waals surface area contributed by atoms with Crippen LogP contribution in [0.2, 0.25) is 5.02 Å². The molecule has 0 saturated heterocycles. The normalized spacial score (nSPS) is 14.8. The molecule has 32 heavy (non-hydrogen) atoms. The number of hydrogen-bond acceptors (Lipinski definition) is 3. The first-order valence-corrected chi connectivity index (χ1v) is 11.5. The summed E-state index contributed by atoms with van der Waals surface area (Å²) in [6, 6.07) is 11.2. The van der Waals surface area contributed by atoms with Crippen molar-refractivity contribution in [2.45, 2.75) is 64.1 Å². The maximum atomic E-state index is 14.3. The summed E-state index contributed by atoms with van der Waals surface area (Å²) >= 11 is 6.16. The quantitative estimate of drug-likeness (QED) is 0.579. The van der Waals surface area contributed by atoms with Gasteiger partial charge in [0, 0.05) is 23.2 Å². The van der Waals surface area contributed by atoms with E-state index in [9.17, 15) is 14.0 Å². The molecule has 2 aromatic carbocycles. The number of carbonyl (C=O) groups is 2. The van der Waals surface area contributed by atoms with Gasteiger partial charge in [0.2, 0.25) is 11.8 Å². The van der Waals surface area contributed by atoms with Crippen LogP contribution >= 0.6 is 11.6 Å². The molecule has 0 unspecified atom stereocenters. The summed E-state index contributed by atoms with van der Waals surface area (Å²) in [6.07, 6.45) is 4.35. The van der Waals surface area contributed by atoms with Gasteiger partial charge in [-0.15, -0.1) is 0 Å². The van der Waals surface area contributed by atoms with E-state index in [-0.39, 0.29) is 41.4 Å². The van der Waals surface area contributed by atoms with Crippen molar-refractivity contribution < 1.29 is 18.7 Å². The van der Waals surface area contributed by atoms with E-state index < -0.39 is 11.9 Å². The predicted molar refractivity (Wildman–Crippen MR) is 123 cm³/mol.